The van der Waals surface area contributed by atoms with Gasteiger partial charge in [-0.2, -0.15) is 0 Å². The van der Waals surface area contributed by atoms with Crippen molar-refractivity contribution < 1.29 is 14.6 Å². The minimum absolute atomic E-state index is 0.104. The van der Waals surface area contributed by atoms with E-state index in [1.165, 1.54) is 0 Å². The van der Waals surface area contributed by atoms with Crippen molar-refractivity contribution in [2.75, 3.05) is 26.3 Å². The molecule has 0 aromatic carbocycles. The lowest BCUT2D eigenvalue weighted by molar-refractivity contribution is -0.152. The minimum atomic E-state index is -0.434. The van der Waals surface area contributed by atoms with Crippen molar-refractivity contribution in [1.82, 2.24) is 5.32 Å². The number of hydrogen-bond donors (Lipinski definition) is 2. The summed E-state index contributed by atoms with van der Waals surface area (Å²) in [5, 5.41) is 11.3. The Morgan fingerprint density at radius 2 is 2.00 bits per heavy atom. The van der Waals surface area contributed by atoms with Crippen LogP contribution in [0.4, 0.5) is 0 Å². The van der Waals surface area contributed by atoms with Gasteiger partial charge in [0, 0.05) is 13.1 Å². The molecule has 0 aliphatic rings. The van der Waals surface area contributed by atoms with Crippen molar-refractivity contribution in [3.8, 4) is 0 Å². The molecule has 78 valence electrons. The van der Waals surface area contributed by atoms with E-state index < -0.39 is 5.41 Å². The Bertz CT molecular complexity index is 151. The van der Waals surface area contributed by atoms with Gasteiger partial charge < -0.3 is 15.2 Å². The van der Waals surface area contributed by atoms with Crippen LogP contribution in [0, 0.1) is 5.41 Å². The van der Waals surface area contributed by atoms with Gasteiger partial charge in [-0.1, -0.05) is 0 Å². The summed E-state index contributed by atoms with van der Waals surface area (Å²) in [5.74, 6) is -0.196. The molecule has 0 spiro atoms. The Balaban J connectivity index is 3.38. The predicted octanol–water partition coefficient (Wildman–Crippen LogP) is 0.158. The van der Waals surface area contributed by atoms with Crippen LogP contribution in [0.1, 0.15) is 20.8 Å². The number of carbonyl (C=O) groups excluding carboxylic acids is 1. The third-order valence-corrected chi connectivity index (χ3v) is 1.41. The van der Waals surface area contributed by atoms with Crippen LogP contribution in [-0.2, 0) is 9.53 Å². The maximum atomic E-state index is 11.2. The molecule has 0 amide bonds. The predicted molar refractivity (Wildman–Crippen MR) is 50.4 cm³/mol. The smallest absolute Gasteiger partial charge is 0.311 e. The van der Waals surface area contributed by atoms with Gasteiger partial charge in [-0.25, -0.2) is 0 Å². The van der Waals surface area contributed by atoms with Gasteiger partial charge in [0.15, 0.2) is 0 Å². The molecule has 0 fully saturated rings. The molecule has 2 N–H and O–H groups in total. The molecule has 0 heterocycles. The normalized spacial score (nSPS) is 11.4. The van der Waals surface area contributed by atoms with Crippen LogP contribution in [-0.4, -0.2) is 37.4 Å². The van der Waals surface area contributed by atoms with Gasteiger partial charge in [0.1, 0.15) is 6.61 Å². The average molecular weight is 189 g/mol. The van der Waals surface area contributed by atoms with Crippen LogP contribution in [0.3, 0.4) is 0 Å². The maximum Gasteiger partial charge on any atom is 0.311 e. The highest BCUT2D eigenvalue weighted by Gasteiger charge is 2.22. The quantitative estimate of drug-likeness (QED) is 0.478. The van der Waals surface area contributed by atoms with Gasteiger partial charge >= 0.3 is 5.97 Å². The number of rotatable bonds is 5. The molecule has 4 nitrogen and oxygen atoms in total. The van der Waals surface area contributed by atoms with Crippen LogP contribution < -0.4 is 5.32 Å². The first-order valence-electron chi connectivity index (χ1n) is 4.47. The van der Waals surface area contributed by atoms with E-state index in [4.69, 9.17) is 9.84 Å². The van der Waals surface area contributed by atoms with Gasteiger partial charge in [0.2, 0.25) is 0 Å². The van der Waals surface area contributed by atoms with Gasteiger partial charge in [-0.15, -0.1) is 0 Å². The monoisotopic (exact) mass is 189 g/mol. The summed E-state index contributed by atoms with van der Waals surface area (Å²) in [5.41, 5.74) is -0.434. The Kier molecular flexibility index (Phi) is 5.66. The van der Waals surface area contributed by atoms with Crippen LogP contribution in [0.2, 0.25) is 0 Å². The Morgan fingerprint density at radius 1 is 1.38 bits per heavy atom. The summed E-state index contributed by atoms with van der Waals surface area (Å²) in [7, 11) is 0. The fraction of sp³-hybridized carbons (Fsp3) is 0.889. The van der Waals surface area contributed by atoms with E-state index in [9.17, 15) is 4.79 Å². The van der Waals surface area contributed by atoms with Crippen molar-refractivity contribution in [3.63, 3.8) is 0 Å². The van der Waals surface area contributed by atoms with Gasteiger partial charge in [0.05, 0.1) is 12.0 Å². The Morgan fingerprint density at radius 3 is 2.46 bits per heavy atom. The second-order valence-corrected chi connectivity index (χ2v) is 3.86. The van der Waals surface area contributed by atoms with E-state index >= 15 is 0 Å². The number of ether oxygens (including phenoxy) is 1. The molecule has 0 aliphatic heterocycles. The topological polar surface area (TPSA) is 58.6 Å². The highest BCUT2D eigenvalue weighted by atomic mass is 16.5. The lowest BCUT2D eigenvalue weighted by atomic mass is 9.97. The van der Waals surface area contributed by atoms with E-state index in [-0.39, 0.29) is 12.6 Å². The fourth-order valence-electron chi connectivity index (χ4n) is 0.636. The molecule has 0 aromatic heterocycles. The zero-order valence-electron chi connectivity index (χ0n) is 8.59. The molecule has 13 heavy (non-hydrogen) atoms. The van der Waals surface area contributed by atoms with Crippen molar-refractivity contribution >= 4 is 5.97 Å². The maximum absolute atomic E-state index is 11.2. The van der Waals surface area contributed by atoms with Gasteiger partial charge in [0.25, 0.3) is 0 Å². The Labute approximate surface area is 79.3 Å². The molecular weight excluding hydrogens is 170 g/mol. The Hall–Kier alpha value is -0.610. The molecule has 0 rings (SSSR count). The molecule has 0 saturated heterocycles. The molecule has 0 aliphatic carbocycles. The summed E-state index contributed by atoms with van der Waals surface area (Å²) < 4.78 is 4.97. The van der Waals surface area contributed by atoms with Crippen molar-refractivity contribution in [1.29, 1.82) is 0 Å². The highest BCUT2D eigenvalue weighted by molar-refractivity contribution is 5.75. The SMILES string of the molecule is CC(C)(C)C(=O)OCCNCCO. The third-order valence-electron chi connectivity index (χ3n) is 1.41. The lowest BCUT2D eigenvalue weighted by Crippen LogP contribution is -2.28. The average Bonchev–Trinajstić information content (AvgIpc) is 2.02. The molecule has 0 unspecified atom stereocenters. The first-order chi connectivity index (χ1) is 5.98. The molecule has 4 heteroatoms. The van der Waals surface area contributed by atoms with Crippen LogP contribution in [0.5, 0.6) is 0 Å². The lowest BCUT2D eigenvalue weighted by Gasteiger charge is -2.16. The molecule has 0 saturated carbocycles. The molecule has 0 atom stereocenters. The standard InChI is InChI=1S/C9H19NO3/c1-9(2,3)8(12)13-7-5-10-4-6-11/h10-11H,4-7H2,1-3H3. The molecule has 0 bridgehead atoms. The van der Waals surface area contributed by atoms with E-state index in [0.29, 0.717) is 19.7 Å². The van der Waals surface area contributed by atoms with Gasteiger partial charge in [-0.05, 0) is 20.8 Å². The first-order valence-corrected chi connectivity index (χ1v) is 4.47. The fourth-order valence-corrected chi connectivity index (χ4v) is 0.636. The van der Waals surface area contributed by atoms with Crippen molar-refractivity contribution in [2.45, 2.75) is 20.8 Å². The summed E-state index contributed by atoms with van der Waals surface area (Å²) >= 11 is 0. The number of esters is 1. The minimum Gasteiger partial charge on any atom is -0.464 e. The summed E-state index contributed by atoms with van der Waals surface area (Å²) in [6.07, 6.45) is 0. The van der Waals surface area contributed by atoms with Crippen molar-refractivity contribution in [3.05, 3.63) is 0 Å². The van der Waals surface area contributed by atoms with Crippen LogP contribution in [0.25, 0.3) is 0 Å². The summed E-state index contributed by atoms with van der Waals surface area (Å²) in [6, 6.07) is 0. The molecule has 0 radical (unpaired) electrons. The zero-order valence-corrected chi connectivity index (χ0v) is 8.59. The zero-order chi connectivity index (χ0) is 10.3. The van der Waals surface area contributed by atoms with Crippen LogP contribution in [0.15, 0.2) is 0 Å². The summed E-state index contributed by atoms with van der Waals surface area (Å²) in [4.78, 5) is 11.2. The number of carbonyl (C=O) groups is 1. The van der Waals surface area contributed by atoms with E-state index in [1.54, 1.807) is 0 Å². The number of aliphatic hydroxyl groups excluding tert-OH is 1. The summed E-state index contributed by atoms with van der Waals surface area (Å²) in [6.45, 7) is 7.03. The van der Waals surface area contributed by atoms with E-state index in [1.807, 2.05) is 20.8 Å². The van der Waals surface area contributed by atoms with Crippen LogP contribution >= 0.6 is 0 Å². The second kappa shape index (κ2) is 5.94. The largest absolute Gasteiger partial charge is 0.464 e. The number of nitrogens with one attached hydrogen (secondary N) is 1. The second-order valence-electron chi connectivity index (χ2n) is 3.86. The highest BCUT2D eigenvalue weighted by Crippen LogP contribution is 2.14. The number of hydrogen-bond acceptors (Lipinski definition) is 4. The molecular formula is C9H19NO3. The van der Waals surface area contributed by atoms with Gasteiger partial charge in [-0.3, -0.25) is 4.79 Å². The molecule has 0 aromatic rings. The number of aliphatic hydroxyl groups is 1. The first kappa shape index (κ1) is 12.4. The third kappa shape index (κ3) is 6.54. The van der Waals surface area contributed by atoms with Crippen molar-refractivity contribution in [2.24, 2.45) is 5.41 Å². The van der Waals surface area contributed by atoms with E-state index in [0.717, 1.165) is 0 Å². The van der Waals surface area contributed by atoms with E-state index in [2.05, 4.69) is 5.32 Å².